The molecule has 0 bridgehead atoms. The number of rotatable bonds is 7. The van der Waals surface area contributed by atoms with Gasteiger partial charge in [-0.2, -0.15) is 0 Å². The molecule has 6 atom stereocenters. The number of amides is 3. The van der Waals surface area contributed by atoms with E-state index in [9.17, 15) is 39.6 Å². The maximum absolute atomic E-state index is 11.4. The molecule has 27 heavy (non-hydrogen) atoms. The number of hydrogen-bond donors (Lipinski definition) is 6. The number of aliphatic hydroxyl groups excluding tert-OH is 3. The molecule has 1 saturated heterocycles. The number of nitrogens with one attached hydrogen (secondary N) is 2. The molecule has 3 amide bonds. The van der Waals surface area contributed by atoms with Crippen molar-refractivity contribution in [2.24, 2.45) is 5.73 Å². The van der Waals surface area contributed by atoms with E-state index in [2.05, 4.69) is 5.32 Å². The first-order valence-electron chi connectivity index (χ1n) is 7.78. The molecule has 7 N–H and O–H groups in total. The Morgan fingerprint density at radius 1 is 1.37 bits per heavy atom. The van der Waals surface area contributed by atoms with Gasteiger partial charge in [0.25, 0.3) is 0 Å². The largest absolute Gasteiger partial charge is 0.544 e. The first kappa shape index (κ1) is 22.7. The van der Waals surface area contributed by atoms with Gasteiger partial charge in [-0.15, -0.1) is 0 Å². The number of carboxylic acids is 1. The van der Waals surface area contributed by atoms with Crippen LogP contribution in [0.5, 0.6) is 0 Å². The summed E-state index contributed by atoms with van der Waals surface area (Å²) in [6.45, 7) is 0.452. The summed E-state index contributed by atoms with van der Waals surface area (Å²) >= 11 is 0. The van der Waals surface area contributed by atoms with Crippen LogP contribution in [0, 0.1) is 0 Å². The second kappa shape index (κ2) is 9.05. The Balaban J connectivity index is 3.05. The Kier molecular flexibility index (Phi) is 7.62. The van der Waals surface area contributed by atoms with E-state index in [1.165, 1.54) is 0 Å². The summed E-state index contributed by atoms with van der Waals surface area (Å²) in [6, 6.07) is -1.32. The number of carbonyl (C=O) groups excluding carboxylic acids is 4. The first-order chi connectivity index (χ1) is 12.4. The molecule has 1 rings (SSSR count). The minimum Gasteiger partial charge on any atom is -0.544 e. The number of hydrogen-bond acceptors (Lipinski definition) is 10. The summed E-state index contributed by atoms with van der Waals surface area (Å²) in [5.74, 6) is -7.48. The maximum atomic E-state index is 11.4. The minimum atomic E-state index is -2.45. The van der Waals surface area contributed by atoms with Gasteiger partial charge < -0.3 is 51.1 Å². The number of methoxy groups -OCH3 is 1. The van der Waals surface area contributed by atoms with Gasteiger partial charge >= 0.3 is 11.8 Å². The van der Waals surface area contributed by atoms with Crippen molar-refractivity contribution < 1.29 is 49.1 Å². The summed E-state index contributed by atoms with van der Waals surface area (Å²) in [5.41, 5.74) is 4.73. The molecule has 0 unspecified atom stereocenters. The van der Waals surface area contributed by atoms with Crippen LogP contribution >= 0.6 is 0 Å². The normalized spacial score (nSPS) is 30.0. The smallest absolute Gasteiger partial charge is 0.309 e. The molecule has 0 saturated carbocycles. The Hall–Kier alpha value is -2.32. The fourth-order valence-corrected chi connectivity index (χ4v) is 2.63. The number of carbonyl (C=O) groups is 4. The molecule has 0 aromatic carbocycles. The van der Waals surface area contributed by atoms with Gasteiger partial charge in [0.2, 0.25) is 11.7 Å². The Bertz CT molecular complexity index is 600. The predicted molar refractivity (Wildman–Crippen MR) is 82.1 cm³/mol. The van der Waals surface area contributed by atoms with Crippen molar-refractivity contribution in [1.82, 2.24) is 10.6 Å². The lowest BCUT2D eigenvalue weighted by molar-refractivity contribution is -0.377. The average Bonchev–Trinajstić information content (AvgIpc) is 2.59. The summed E-state index contributed by atoms with van der Waals surface area (Å²) < 4.78 is 10.0. The zero-order valence-corrected chi connectivity index (χ0v) is 14.6. The molecule has 13 nitrogen and oxygen atoms in total. The van der Waals surface area contributed by atoms with E-state index in [0.717, 1.165) is 14.0 Å². The standard InChI is InChI=1S/C14H23N3O10/c1-5(18)17-8-6(19)3-14(26-2,13(24)25)27-10(8)9(21)7(20)4-16-12(23)11(15)22/h6-10,19-21H,3-4H2,1-2H3,(H2,15,22)(H,16,23)(H,17,18)(H,24,25)/p-1/t6-,7+,8+,9+,10+,14+/m0/s1. The van der Waals surface area contributed by atoms with E-state index in [1.54, 1.807) is 0 Å². The maximum Gasteiger partial charge on any atom is 0.309 e. The first-order valence-corrected chi connectivity index (χ1v) is 7.78. The van der Waals surface area contributed by atoms with Gasteiger partial charge in [-0.05, 0) is 0 Å². The summed E-state index contributed by atoms with van der Waals surface area (Å²) in [6.07, 6.45) is -7.55. The quantitative estimate of drug-likeness (QED) is 0.225. The molecule has 0 aromatic rings. The van der Waals surface area contributed by atoms with Gasteiger partial charge in [0.05, 0.1) is 18.2 Å². The molecular weight excluding hydrogens is 370 g/mol. The van der Waals surface area contributed by atoms with Gasteiger partial charge in [0.1, 0.15) is 18.2 Å². The summed E-state index contributed by atoms with van der Waals surface area (Å²) in [7, 11) is 0.966. The molecule has 0 aliphatic carbocycles. The predicted octanol–water partition coefficient (Wildman–Crippen LogP) is -5.94. The van der Waals surface area contributed by atoms with Crippen LogP contribution in [0.4, 0.5) is 0 Å². The highest BCUT2D eigenvalue weighted by Crippen LogP contribution is 2.32. The molecule has 1 aliphatic rings. The van der Waals surface area contributed by atoms with Crippen LogP contribution in [0.1, 0.15) is 13.3 Å². The second-order valence-corrected chi connectivity index (χ2v) is 5.96. The van der Waals surface area contributed by atoms with E-state index in [1.807, 2.05) is 5.32 Å². The van der Waals surface area contributed by atoms with Crippen LogP contribution in [0.3, 0.4) is 0 Å². The van der Waals surface area contributed by atoms with Gasteiger partial charge in [-0.1, -0.05) is 0 Å². The fourth-order valence-electron chi connectivity index (χ4n) is 2.63. The minimum absolute atomic E-state index is 0.630. The van der Waals surface area contributed by atoms with E-state index in [4.69, 9.17) is 15.2 Å². The van der Waals surface area contributed by atoms with Crippen molar-refractivity contribution in [3.63, 3.8) is 0 Å². The Morgan fingerprint density at radius 2 is 1.96 bits per heavy atom. The van der Waals surface area contributed by atoms with Gasteiger partial charge in [-0.3, -0.25) is 14.4 Å². The molecule has 0 radical (unpaired) electrons. The topological polar surface area (TPSA) is 221 Å². The van der Waals surface area contributed by atoms with Crippen molar-refractivity contribution in [3.8, 4) is 0 Å². The van der Waals surface area contributed by atoms with Gasteiger partial charge in [0.15, 0.2) is 0 Å². The lowest BCUT2D eigenvalue weighted by atomic mass is 9.88. The Morgan fingerprint density at radius 3 is 2.41 bits per heavy atom. The molecule has 0 aromatic heterocycles. The third-order valence-corrected chi connectivity index (χ3v) is 4.01. The summed E-state index contributed by atoms with van der Waals surface area (Å²) in [4.78, 5) is 44.6. The van der Waals surface area contributed by atoms with E-state index in [0.29, 0.717) is 0 Å². The molecule has 1 heterocycles. The van der Waals surface area contributed by atoms with Crippen LogP contribution in [0.25, 0.3) is 0 Å². The van der Waals surface area contributed by atoms with Crippen molar-refractivity contribution >= 4 is 23.7 Å². The summed E-state index contributed by atoms with van der Waals surface area (Å²) in [5, 5.41) is 46.2. The number of ether oxygens (including phenoxy) is 2. The molecule has 13 heteroatoms. The molecule has 1 fully saturated rings. The molecule has 154 valence electrons. The van der Waals surface area contributed by atoms with E-state index < -0.39 is 72.9 Å². The molecule has 1 aliphatic heterocycles. The van der Waals surface area contributed by atoms with Gasteiger partial charge in [0, 0.05) is 27.0 Å². The number of aliphatic carboxylic acids is 1. The van der Waals surface area contributed by atoms with Crippen LogP contribution in [0.2, 0.25) is 0 Å². The van der Waals surface area contributed by atoms with Crippen molar-refractivity contribution in [3.05, 3.63) is 0 Å². The van der Waals surface area contributed by atoms with Crippen LogP contribution < -0.4 is 21.5 Å². The number of aliphatic hydroxyl groups is 3. The third-order valence-electron chi connectivity index (χ3n) is 4.01. The van der Waals surface area contributed by atoms with Crippen LogP contribution in [-0.4, -0.2) is 88.9 Å². The molecular formula is C14H22N3O10-. The fraction of sp³-hybridized carbons (Fsp3) is 0.714. The second-order valence-electron chi connectivity index (χ2n) is 5.96. The number of primary amides is 1. The van der Waals surface area contributed by atoms with Crippen molar-refractivity contribution in [2.45, 2.75) is 49.6 Å². The number of nitrogens with two attached hydrogens (primary N) is 1. The Labute approximate surface area is 153 Å². The zero-order valence-electron chi connectivity index (χ0n) is 14.6. The average molecular weight is 392 g/mol. The van der Waals surface area contributed by atoms with E-state index >= 15 is 0 Å². The van der Waals surface area contributed by atoms with Crippen molar-refractivity contribution in [1.29, 1.82) is 0 Å². The third kappa shape index (κ3) is 5.33. The van der Waals surface area contributed by atoms with E-state index in [-0.39, 0.29) is 0 Å². The van der Waals surface area contributed by atoms with Crippen LogP contribution in [0.15, 0.2) is 0 Å². The highest BCUT2D eigenvalue weighted by atomic mass is 16.7. The monoisotopic (exact) mass is 392 g/mol. The highest BCUT2D eigenvalue weighted by molar-refractivity contribution is 6.34. The van der Waals surface area contributed by atoms with Gasteiger partial charge in [-0.25, -0.2) is 0 Å². The number of carboxylic acid groups (broad SMARTS) is 1. The highest BCUT2D eigenvalue weighted by Gasteiger charge is 2.52. The lowest BCUT2D eigenvalue weighted by Gasteiger charge is -2.48. The van der Waals surface area contributed by atoms with Crippen molar-refractivity contribution in [2.75, 3.05) is 13.7 Å². The SMILES string of the molecule is CO[C@]1(C(=O)[O-])C[C@H](O)[C@@H](NC(C)=O)[C@H]([C@H](O)[C@H](O)CNC(=O)C(N)=O)O1. The van der Waals surface area contributed by atoms with Crippen LogP contribution in [-0.2, 0) is 28.7 Å². The zero-order chi connectivity index (χ0) is 20.9. The molecule has 0 spiro atoms. The lowest BCUT2D eigenvalue weighted by Crippen LogP contribution is -2.69.